The van der Waals surface area contributed by atoms with Crippen LogP contribution in [0.15, 0.2) is 18.2 Å². The van der Waals surface area contributed by atoms with Crippen LogP contribution in [0.25, 0.3) is 0 Å². The van der Waals surface area contributed by atoms with E-state index in [-0.39, 0.29) is 35.9 Å². The number of nitrogens with one attached hydrogen (secondary N) is 2. The van der Waals surface area contributed by atoms with Crippen LogP contribution < -0.4 is 20.2 Å². The standard InChI is InChI=1S/C21H30N4O4/c1-4-24-17-11-13(5-7-15(17)25-16(21(24)27)9-10-22-25)20(26)23-14-6-8-18(28-2)19(12-14)29-3/h6,8,12-13,15-17,22H,4-5,7,9-11H2,1-3H3,(H,23,26). The summed E-state index contributed by atoms with van der Waals surface area (Å²) < 4.78 is 10.6. The molecule has 0 bridgehead atoms. The van der Waals surface area contributed by atoms with Gasteiger partial charge in [-0.15, -0.1) is 0 Å². The number of amides is 2. The van der Waals surface area contributed by atoms with Gasteiger partial charge in [-0.25, -0.2) is 5.01 Å². The van der Waals surface area contributed by atoms with Crippen LogP contribution in [0.5, 0.6) is 11.5 Å². The van der Waals surface area contributed by atoms with Crippen molar-refractivity contribution in [3.8, 4) is 11.5 Å². The Morgan fingerprint density at radius 1 is 1.17 bits per heavy atom. The Bertz CT molecular complexity index is 786. The number of ether oxygens (including phenoxy) is 2. The van der Waals surface area contributed by atoms with Gasteiger partial charge in [0, 0.05) is 42.8 Å². The van der Waals surface area contributed by atoms with Crippen LogP contribution in [-0.4, -0.2) is 67.2 Å². The zero-order valence-electron chi connectivity index (χ0n) is 17.3. The van der Waals surface area contributed by atoms with Gasteiger partial charge in [0.25, 0.3) is 0 Å². The molecule has 8 nitrogen and oxygen atoms in total. The highest BCUT2D eigenvalue weighted by Crippen LogP contribution is 2.38. The molecule has 8 heteroatoms. The largest absolute Gasteiger partial charge is 0.493 e. The zero-order chi connectivity index (χ0) is 20.5. The highest BCUT2D eigenvalue weighted by Gasteiger charge is 2.51. The second-order valence-corrected chi connectivity index (χ2v) is 7.95. The van der Waals surface area contributed by atoms with E-state index in [2.05, 4.69) is 15.8 Å². The third-order valence-corrected chi connectivity index (χ3v) is 6.52. The molecule has 2 N–H and O–H groups in total. The first-order valence-corrected chi connectivity index (χ1v) is 10.4. The number of anilines is 1. The van der Waals surface area contributed by atoms with Gasteiger partial charge in [0.05, 0.1) is 14.2 Å². The van der Waals surface area contributed by atoms with Crippen LogP contribution in [0.4, 0.5) is 5.69 Å². The lowest BCUT2D eigenvalue weighted by Crippen LogP contribution is -2.68. The van der Waals surface area contributed by atoms with E-state index in [1.165, 1.54) is 0 Å². The van der Waals surface area contributed by atoms with Crippen molar-refractivity contribution in [2.24, 2.45) is 5.92 Å². The molecule has 2 amide bonds. The van der Waals surface area contributed by atoms with E-state index in [9.17, 15) is 9.59 Å². The van der Waals surface area contributed by atoms with Crippen molar-refractivity contribution >= 4 is 17.5 Å². The van der Waals surface area contributed by atoms with Crippen LogP contribution in [0.1, 0.15) is 32.6 Å². The number of rotatable bonds is 5. The van der Waals surface area contributed by atoms with Gasteiger partial charge >= 0.3 is 0 Å². The number of fused-ring (bicyclic) bond motifs is 3. The molecule has 3 aliphatic rings. The van der Waals surface area contributed by atoms with Crippen molar-refractivity contribution < 1.29 is 19.1 Å². The van der Waals surface area contributed by atoms with Gasteiger partial charge in [0.15, 0.2) is 11.5 Å². The smallest absolute Gasteiger partial charge is 0.241 e. The minimum atomic E-state index is -0.120. The summed E-state index contributed by atoms with van der Waals surface area (Å²) in [7, 11) is 3.16. The SMILES string of the molecule is CCN1C(=O)C2CCNN2C2CCC(C(=O)Nc3ccc(OC)c(OC)c3)CC21. The highest BCUT2D eigenvalue weighted by atomic mass is 16.5. The minimum Gasteiger partial charge on any atom is -0.493 e. The number of hydrazine groups is 1. The molecule has 4 atom stereocenters. The average Bonchev–Trinajstić information content (AvgIpc) is 3.24. The molecule has 2 aliphatic heterocycles. The molecule has 158 valence electrons. The summed E-state index contributed by atoms with van der Waals surface area (Å²) in [6.07, 6.45) is 3.27. The predicted molar refractivity (Wildman–Crippen MR) is 109 cm³/mol. The fourth-order valence-electron chi connectivity index (χ4n) is 5.10. The Morgan fingerprint density at radius 2 is 1.97 bits per heavy atom. The number of piperazine rings is 1. The molecular weight excluding hydrogens is 372 g/mol. The molecule has 29 heavy (non-hydrogen) atoms. The summed E-state index contributed by atoms with van der Waals surface area (Å²) in [5.41, 5.74) is 4.08. The number of hydrogen-bond acceptors (Lipinski definition) is 6. The Balaban J connectivity index is 1.47. The second-order valence-electron chi connectivity index (χ2n) is 7.95. The number of nitrogens with zero attached hydrogens (tertiary/aromatic N) is 2. The summed E-state index contributed by atoms with van der Waals surface area (Å²) in [4.78, 5) is 27.9. The van der Waals surface area contributed by atoms with E-state index >= 15 is 0 Å². The van der Waals surface area contributed by atoms with Crippen LogP contribution in [-0.2, 0) is 9.59 Å². The Morgan fingerprint density at radius 3 is 2.69 bits per heavy atom. The van der Waals surface area contributed by atoms with Crippen LogP contribution >= 0.6 is 0 Å². The maximum Gasteiger partial charge on any atom is 0.241 e. The normalized spacial score (nSPS) is 29.2. The Hall–Kier alpha value is -2.32. The lowest BCUT2D eigenvalue weighted by molar-refractivity contribution is -0.155. The Labute approximate surface area is 171 Å². The fraction of sp³-hybridized carbons (Fsp3) is 0.619. The number of methoxy groups -OCH3 is 2. The summed E-state index contributed by atoms with van der Waals surface area (Å²) in [6, 6.07) is 5.67. The molecule has 1 aromatic carbocycles. The second kappa shape index (κ2) is 8.20. The van der Waals surface area contributed by atoms with Gasteiger partial charge in [0.1, 0.15) is 6.04 Å². The molecule has 1 aromatic rings. The van der Waals surface area contributed by atoms with E-state index in [4.69, 9.17) is 9.47 Å². The maximum absolute atomic E-state index is 13.0. The average molecular weight is 402 g/mol. The summed E-state index contributed by atoms with van der Waals surface area (Å²) >= 11 is 0. The lowest BCUT2D eigenvalue weighted by Gasteiger charge is -2.51. The van der Waals surface area contributed by atoms with Crippen LogP contribution in [0, 0.1) is 5.92 Å². The first kappa shape index (κ1) is 20.0. The first-order chi connectivity index (χ1) is 14.1. The molecule has 0 spiro atoms. The van der Waals surface area contributed by atoms with E-state index in [0.717, 1.165) is 25.8 Å². The third kappa shape index (κ3) is 3.55. The quantitative estimate of drug-likeness (QED) is 0.779. The predicted octanol–water partition coefficient (Wildman–Crippen LogP) is 1.62. The summed E-state index contributed by atoms with van der Waals surface area (Å²) in [5, 5.41) is 5.18. The van der Waals surface area contributed by atoms with E-state index < -0.39 is 0 Å². The van der Waals surface area contributed by atoms with Gasteiger partial charge in [-0.3, -0.25) is 15.0 Å². The van der Waals surface area contributed by atoms with Crippen LogP contribution in [0.3, 0.4) is 0 Å². The van der Waals surface area contributed by atoms with Gasteiger partial charge in [-0.1, -0.05) is 0 Å². The monoisotopic (exact) mass is 402 g/mol. The molecule has 4 rings (SSSR count). The van der Waals surface area contributed by atoms with E-state index in [1.54, 1.807) is 26.4 Å². The number of hydrogen-bond donors (Lipinski definition) is 2. The molecule has 1 aliphatic carbocycles. The van der Waals surface area contributed by atoms with Crippen molar-refractivity contribution in [2.75, 3.05) is 32.6 Å². The number of carbonyl (C=O) groups excluding carboxylic acids is 2. The van der Waals surface area contributed by atoms with Crippen molar-refractivity contribution in [2.45, 2.75) is 50.7 Å². The number of benzene rings is 1. The fourth-order valence-corrected chi connectivity index (χ4v) is 5.10. The lowest BCUT2D eigenvalue weighted by atomic mass is 9.78. The topological polar surface area (TPSA) is 83.1 Å². The maximum atomic E-state index is 13.0. The zero-order valence-corrected chi connectivity index (χ0v) is 17.3. The molecule has 0 radical (unpaired) electrons. The molecular formula is C21H30N4O4. The van der Waals surface area contributed by atoms with Crippen molar-refractivity contribution in [3.05, 3.63) is 18.2 Å². The third-order valence-electron chi connectivity index (χ3n) is 6.52. The van der Waals surface area contributed by atoms with Crippen molar-refractivity contribution in [1.82, 2.24) is 15.3 Å². The van der Waals surface area contributed by atoms with E-state index in [0.29, 0.717) is 30.2 Å². The van der Waals surface area contributed by atoms with Crippen molar-refractivity contribution in [1.29, 1.82) is 0 Å². The molecule has 2 heterocycles. The summed E-state index contributed by atoms with van der Waals surface area (Å²) in [6.45, 7) is 3.56. The molecule has 1 saturated carbocycles. The van der Waals surface area contributed by atoms with Gasteiger partial charge in [-0.2, -0.15) is 0 Å². The van der Waals surface area contributed by atoms with Gasteiger partial charge < -0.3 is 19.7 Å². The highest BCUT2D eigenvalue weighted by molar-refractivity contribution is 5.93. The van der Waals surface area contributed by atoms with Crippen molar-refractivity contribution in [3.63, 3.8) is 0 Å². The molecule has 3 fully saturated rings. The molecule has 2 saturated heterocycles. The van der Waals surface area contributed by atoms with Crippen LogP contribution in [0.2, 0.25) is 0 Å². The van der Waals surface area contributed by atoms with Gasteiger partial charge in [-0.05, 0) is 44.7 Å². The number of likely N-dealkylation sites (N-methyl/N-ethyl adjacent to an activating group) is 1. The molecule has 0 aromatic heterocycles. The minimum absolute atomic E-state index is 0.00400. The van der Waals surface area contributed by atoms with E-state index in [1.807, 2.05) is 17.9 Å². The number of carbonyl (C=O) groups is 2. The molecule has 4 unspecified atom stereocenters. The first-order valence-electron chi connectivity index (χ1n) is 10.4. The summed E-state index contributed by atoms with van der Waals surface area (Å²) in [5.74, 6) is 1.27. The van der Waals surface area contributed by atoms with Gasteiger partial charge in [0.2, 0.25) is 11.8 Å². The Kier molecular flexibility index (Phi) is 5.65.